The second kappa shape index (κ2) is 8.14. The Morgan fingerprint density at radius 3 is 2.58 bits per heavy atom. The van der Waals surface area contributed by atoms with Gasteiger partial charge in [-0.1, -0.05) is 24.3 Å². The van der Waals surface area contributed by atoms with Crippen LogP contribution < -0.4 is 10.6 Å². The lowest BCUT2D eigenvalue weighted by Crippen LogP contribution is -2.25. The van der Waals surface area contributed by atoms with Gasteiger partial charge in [-0.3, -0.25) is 9.59 Å². The van der Waals surface area contributed by atoms with E-state index in [-0.39, 0.29) is 11.8 Å². The predicted molar refractivity (Wildman–Crippen MR) is 116 cm³/mol. The zero-order valence-electron chi connectivity index (χ0n) is 16.9. The first-order chi connectivity index (χ1) is 15.2. The molecular formula is C23H22N6O2. The summed E-state index contributed by atoms with van der Waals surface area (Å²) in [6.07, 6.45) is 7.48. The zero-order valence-corrected chi connectivity index (χ0v) is 16.9. The first-order valence-corrected chi connectivity index (χ1v) is 10.4. The highest BCUT2D eigenvalue weighted by Crippen LogP contribution is 2.36. The molecule has 0 saturated heterocycles. The minimum absolute atomic E-state index is 0.0524. The summed E-state index contributed by atoms with van der Waals surface area (Å²) in [5, 5.41) is 17.8. The molecule has 31 heavy (non-hydrogen) atoms. The molecule has 1 aromatic heterocycles. The molecule has 8 heteroatoms. The van der Waals surface area contributed by atoms with E-state index < -0.39 is 0 Å². The molecule has 2 fully saturated rings. The van der Waals surface area contributed by atoms with Crippen molar-refractivity contribution in [2.45, 2.75) is 37.8 Å². The number of nitrogens with one attached hydrogen (secondary N) is 2. The van der Waals surface area contributed by atoms with Crippen LogP contribution in [0.15, 0.2) is 54.6 Å². The Labute approximate surface area is 179 Å². The van der Waals surface area contributed by atoms with Crippen molar-refractivity contribution in [3.8, 4) is 11.4 Å². The molecular weight excluding hydrogens is 392 g/mol. The highest BCUT2D eigenvalue weighted by Gasteiger charge is 2.28. The lowest BCUT2D eigenvalue weighted by atomic mass is 10.1. The second-order valence-corrected chi connectivity index (χ2v) is 7.95. The van der Waals surface area contributed by atoms with Crippen LogP contribution in [-0.4, -0.2) is 38.1 Å². The summed E-state index contributed by atoms with van der Waals surface area (Å²) in [5.41, 5.74) is 3.00. The summed E-state index contributed by atoms with van der Waals surface area (Å²) in [6, 6.07) is 15.4. The predicted octanol–water partition coefficient (Wildman–Crippen LogP) is 3.22. The third-order valence-electron chi connectivity index (χ3n) is 5.29. The van der Waals surface area contributed by atoms with E-state index in [4.69, 9.17) is 0 Å². The van der Waals surface area contributed by atoms with Crippen molar-refractivity contribution in [1.82, 2.24) is 25.5 Å². The van der Waals surface area contributed by atoms with Crippen LogP contribution in [0, 0.1) is 0 Å². The molecule has 5 rings (SSSR count). The van der Waals surface area contributed by atoms with Crippen LogP contribution in [0.1, 0.15) is 47.6 Å². The Balaban J connectivity index is 1.21. The third kappa shape index (κ3) is 4.69. The number of carbonyl (C=O) groups excluding carboxylic acids is 2. The van der Waals surface area contributed by atoms with E-state index in [0.717, 1.165) is 36.8 Å². The Hall–Kier alpha value is -3.81. The fraction of sp³-hybridized carbons (Fsp3) is 0.261. The molecule has 0 spiro atoms. The standard InChI is InChI=1S/C23H22N6O2/c30-21(13-6-15-4-7-16(8-5-15)23(31)25-18-9-10-18)24-19-3-1-2-17(14-19)22-26-27-28-29(22)20-11-12-20/h1-8,13-14,18,20H,9-12H2,(H,24,30)(H,25,31)/b13-6+. The molecule has 3 aromatic rings. The molecule has 0 aliphatic heterocycles. The SMILES string of the molecule is O=C(/C=C/c1ccc(C(=O)NC2CC2)cc1)Nc1cccc(-c2nnnn2C2CC2)c1. The Morgan fingerprint density at radius 2 is 1.84 bits per heavy atom. The Bertz CT molecular complexity index is 1140. The molecule has 0 atom stereocenters. The van der Waals surface area contributed by atoms with Crippen molar-refractivity contribution in [3.63, 3.8) is 0 Å². The van der Waals surface area contributed by atoms with Crippen molar-refractivity contribution in [3.05, 3.63) is 65.7 Å². The maximum atomic E-state index is 12.4. The molecule has 156 valence electrons. The fourth-order valence-corrected chi connectivity index (χ4v) is 3.28. The van der Waals surface area contributed by atoms with Crippen molar-refractivity contribution >= 4 is 23.6 Å². The zero-order chi connectivity index (χ0) is 21.2. The van der Waals surface area contributed by atoms with Crippen LogP contribution in [0.25, 0.3) is 17.5 Å². The van der Waals surface area contributed by atoms with E-state index in [1.807, 2.05) is 41.1 Å². The molecule has 1 heterocycles. The fourth-order valence-electron chi connectivity index (χ4n) is 3.28. The molecule has 0 unspecified atom stereocenters. The van der Waals surface area contributed by atoms with Gasteiger partial charge >= 0.3 is 0 Å². The molecule has 2 amide bonds. The average Bonchev–Trinajstić information content (AvgIpc) is 3.73. The lowest BCUT2D eigenvalue weighted by molar-refractivity contribution is -0.111. The quantitative estimate of drug-likeness (QED) is 0.578. The lowest BCUT2D eigenvalue weighted by Gasteiger charge is -2.06. The van der Waals surface area contributed by atoms with Crippen molar-refractivity contribution in [2.24, 2.45) is 0 Å². The molecule has 2 aliphatic carbocycles. The maximum absolute atomic E-state index is 12.4. The number of hydrogen-bond acceptors (Lipinski definition) is 5. The van der Waals surface area contributed by atoms with E-state index >= 15 is 0 Å². The van der Waals surface area contributed by atoms with Gasteiger partial charge in [0.2, 0.25) is 5.91 Å². The van der Waals surface area contributed by atoms with Gasteiger partial charge in [0.15, 0.2) is 5.82 Å². The van der Waals surface area contributed by atoms with Gasteiger partial charge in [-0.25, -0.2) is 4.68 Å². The molecule has 2 saturated carbocycles. The first-order valence-electron chi connectivity index (χ1n) is 10.4. The van der Waals surface area contributed by atoms with Gasteiger partial charge in [-0.2, -0.15) is 0 Å². The van der Waals surface area contributed by atoms with E-state index in [0.29, 0.717) is 29.2 Å². The number of nitrogens with zero attached hydrogens (tertiary/aromatic N) is 4. The number of tetrazole rings is 1. The summed E-state index contributed by atoms with van der Waals surface area (Å²) in [6.45, 7) is 0. The van der Waals surface area contributed by atoms with E-state index in [2.05, 4.69) is 26.2 Å². The molecule has 0 radical (unpaired) electrons. The summed E-state index contributed by atoms with van der Waals surface area (Å²) in [5.74, 6) is 0.415. The topological polar surface area (TPSA) is 102 Å². The number of hydrogen-bond donors (Lipinski definition) is 2. The molecule has 2 aromatic carbocycles. The summed E-state index contributed by atoms with van der Waals surface area (Å²) in [7, 11) is 0. The van der Waals surface area contributed by atoms with Gasteiger partial charge in [0.25, 0.3) is 5.91 Å². The van der Waals surface area contributed by atoms with Crippen molar-refractivity contribution < 1.29 is 9.59 Å². The number of amides is 2. The van der Waals surface area contributed by atoms with Crippen LogP contribution in [0.3, 0.4) is 0 Å². The minimum atomic E-state index is -0.241. The largest absolute Gasteiger partial charge is 0.349 e. The van der Waals surface area contributed by atoms with Gasteiger partial charge in [0.05, 0.1) is 6.04 Å². The van der Waals surface area contributed by atoms with Gasteiger partial charge in [-0.15, -0.1) is 5.10 Å². The molecule has 8 nitrogen and oxygen atoms in total. The summed E-state index contributed by atoms with van der Waals surface area (Å²) in [4.78, 5) is 24.4. The normalized spacial score (nSPS) is 15.7. The highest BCUT2D eigenvalue weighted by molar-refractivity contribution is 6.02. The number of carbonyl (C=O) groups is 2. The summed E-state index contributed by atoms with van der Waals surface area (Å²) >= 11 is 0. The van der Waals surface area contributed by atoms with Crippen LogP contribution in [0.4, 0.5) is 5.69 Å². The first kappa shape index (κ1) is 19.2. The van der Waals surface area contributed by atoms with Gasteiger partial charge < -0.3 is 10.6 Å². The number of anilines is 1. The molecule has 2 aliphatic rings. The molecule has 2 N–H and O–H groups in total. The highest BCUT2D eigenvalue weighted by atomic mass is 16.2. The smallest absolute Gasteiger partial charge is 0.251 e. The van der Waals surface area contributed by atoms with E-state index in [1.165, 1.54) is 6.08 Å². The van der Waals surface area contributed by atoms with Crippen LogP contribution in [-0.2, 0) is 4.79 Å². The third-order valence-corrected chi connectivity index (χ3v) is 5.29. The van der Waals surface area contributed by atoms with Crippen LogP contribution in [0.5, 0.6) is 0 Å². The summed E-state index contributed by atoms with van der Waals surface area (Å²) < 4.78 is 1.84. The minimum Gasteiger partial charge on any atom is -0.349 e. The molecule has 0 bridgehead atoms. The van der Waals surface area contributed by atoms with Crippen LogP contribution in [0.2, 0.25) is 0 Å². The van der Waals surface area contributed by atoms with Gasteiger partial charge in [0.1, 0.15) is 0 Å². The number of aromatic nitrogens is 4. The van der Waals surface area contributed by atoms with Crippen molar-refractivity contribution in [1.29, 1.82) is 0 Å². The van der Waals surface area contributed by atoms with Crippen LogP contribution >= 0.6 is 0 Å². The monoisotopic (exact) mass is 414 g/mol. The second-order valence-electron chi connectivity index (χ2n) is 7.95. The van der Waals surface area contributed by atoms with Crippen molar-refractivity contribution in [2.75, 3.05) is 5.32 Å². The van der Waals surface area contributed by atoms with Gasteiger partial charge in [0, 0.05) is 28.9 Å². The van der Waals surface area contributed by atoms with E-state index in [1.54, 1.807) is 18.2 Å². The maximum Gasteiger partial charge on any atom is 0.251 e. The average molecular weight is 414 g/mol. The van der Waals surface area contributed by atoms with E-state index in [9.17, 15) is 9.59 Å². The van der Waals surface area contributed by atoms with Gasteiger partial charge in [-0.05, 0) is 72.0 Å². The Morgan fingerprint density at radius 1 is 1.03 bits per heavy atom. The Kier molecular flexibility index (Phi) is 5.03. The number of benzene rings is 2. The number of rotatable bonds is 7.